The molecule has 19 heavy (non-hydrogen) atoms. The van der Waals surface area contributed by atoms with Crippen molar-refractivity contribution in [1.82, 2.24) is 15.0 Å². The van der Waals surface area contributed by atoms with Crippen molar-refractivity contribution in [3.05, 3.63) is 11.8 Å². The van der Waals surface area contributed by atoms with Crippen molar-refractivity contribution in [2.75, 3.05) is 24.3 Å². The first-order valence-corrected chi connectivity index (χ1v) is 6.73. The zero-order chi connectivity index (χ0) is 14.0. The van der Waals surface area contributed by atoms with Crippen LogP contribution in [0.15, 0.2) is 11.4 Å². The third-order valence-electron chi connectivity index (χ3n) is 2.44. The molecule has 0 bridgehead atoms. The van der Waals surface area contributed by atoms with Crippen molar-refractivity contribution < 1.29 is 9.53 Å². The van der Waals surface area contributed by atoms with Crippen molar-refractivity contribution in [2.45, 2.75) is 12.1 Å². The second-order valence-corrected chi connectivity index (χ2v) is 4.37. The smallest absolute Gasteiger partial charge is 0.344 e. The number of aromatic nitrogens is 3. The topological polar surface area (TPSA) is 117 Å². The maximum Gasteiger partial charge on any atom is 0.344 e. The van der Waals surface area contributed by atoms with Gasteiger partial charge < -0.3 is 16.2 Å². The number of pyridine rings is 1. The molecule has 100 valence electrons. The number of nitrogens with two attached hydrogens (primary N) is 2. The Morgan fingerprint density at radius 1 is 1.37 bits per heavy atom. The lowest BCUT2D eigenvalue weighted by Gasteiger charge is -2.10. The molecule has 2 aromatic heterocycles. The van der Waals surface area contributed by atoms with Crippen LogP contribution in [0.1, 0.15) is 17.3 Å². The summed E-state index contributed by atoms with van der Waals surface area (Å²) in [7, 11) is 0. The molecule has 0 aliphatic rings. The van der Waals surface area contributed by atoms with Gasteiger partial charge in [-0.25, -0.2) is 19.7 Å². The zero-order valence-corrected chi connectivity index (χ0v) is 11.3. The number of hydrogen-bond donors (Lipinski definition) is 2. The number of thioether (sulfide) groups is 1. The summed E-state index contributed by atoms with van der Waals surface area (Å²) in [5, 5.41) is 0.998. The second-order valence-electron chi connectivity index (χ2n) is 3.60. The Bertz CT molecular complexity index is 647. The van der Waals surface area contributed by atoms with Crippen molar-refractivity contribution in [1.29, 1.82) is 0 Å². The van der Waals surface area contributed by atoms with Crippen LogP contribution in [0.5, 0.6) is 0 Å². The van der Waals surface area contributed by atoms with E-state index >= 15 is 0 Å². The molecule has 2 heterocycles. The standard InChI is InChI=1S/C11H13N5O2S/c1-3-18-10(17)6-7-5(8(12)16-9(6)13)4-14-11(15-7)19-2/h4H,3H2,1-2H3,(H4,12,13,16). The second kappa shape index (κ2) is 5.27. The Morgan fingerprint density at radius 3 is 2.74 bits per heavy atom. The number of nitrogen functional groups attached to an aromatic ring is 2. The molecule has 0 atom stereocenters. The van der Waals surface area contributed by atoms with Crippen LogP contribution >= 0.6 is 11.8 Å². The van der Waals surface area contributed by atoms with E-state index in [1.807, 2.05) is 6.26 Å². The van der Waals surface area contributed by atoms with Crippen molar-refractivity contribution in [3.8, 4) is 0 Å². The molecule has 0 aliphatic carbocycles. The molecule has 0 unspecified atom stereocenters. The number of carbonyl (C=O) groups is 1. The molecule has 7 nitrogen and oxygen atoms in total. The molecule has 8 heteroatoms. The maximum atomic E-state index is 11.9. The van der Waals surface area contributed by atoms with E-state index in [0.29, 0.717) is 16.1 Å². The highest BCUT2D eigenvalue weighted by atomic mass is 32.2. The van der Waals surface area contributed by atoms with Gasteiger partial charge in [0.2, 0.25) is 0 Å². The number of nitrogens with zero attached hydrogens (tertiary/aromatic N) is 3. The first kappa shape index (κ1) is 13.3. The average Bonchev–Trinajstić information content (AvgIpc) is 2.38. The largest absolute Gasteiger partial charge is 0.462 e. The molecule has 0 aromatic carbocycles. The van der Waals surface area contributed by atoms with Gasteiger partial charge in [-0.3, -0.25) is 0 Å². The number of hydrogen-bond acceptors (Lipinski definition) is 8. The minimum atomic E-state index is -0.566. The first-order valence-electron chi connectivity index (χ1n) is 5.51. The molecule has 0 amide bonds. The van der Waals surface area contributed by atoms with Gasteiger partial charge in [0.15, 0.2) is 5.16 Å². The summed E-state index contributed by atoms with van der Waals surface area (Å²) in [6.45, 7) is 1.95. The van der Waals surface area contributed by atoms with Crippen LogP contribution in [-0.4, -0.2) is 33.8 Å². The highest BCUT2D eigenvalue weighted by molar-refractivity contribution is 7.98. The van der Waals surface area contributed by atoms with Crippen LogP contribution in [-0.2, 0) is 4.74 Å². The lowest BCUT2D eigenvalue weighted by Crippen LogP contribution is -2.12. The number of esters is 1. The lowest BCUT2D eigenvalue weighted by atomic mass is 10.1. The van der Waals surface area contributed by atoms with E-state index in [-0.39, 0.29) is 23.8 Å². The Morgan fingerprint density at radius 2 is 2.11 bits per heavy atom. The van der Waals surface area contributed by atoms with Gasteiger partial charge >= 0.3 is 5.97 Å². The molecule has 4 N–H and O–H groups in total. The SMILES string of the molecule is CCOC(=O)c1c(N)nc(N)c2cnc(SC)nc12. The fourth-order valence-corrected chi connectivity index (χ4v) is 1.95. The number of fused-ring (bicyclic) bond motifs is 1. The van der Waals surface area contributed by atoms with Crippen LogP contribution in [0.3, 0.4) is 0 Å². The summed E-state index contributed by atoms with van der Waals surface area (Å²) < 4.78 is 4.96. The molecular weight excluding hydrogens is 266 g/mol. The van der Waals surface area contributed by atoms with Crippen molar-refractivity contribution >= 4 is 40.3 Å². The van der Waals surface area contributed by atoms with Crippen LogP contribution in [0.25, 0.3) is 10.9 Å². The van der Waals surface area contributed by atoms with E-state index in [9.17, 15) is 4.79 Å². The van der Waals surface area contributed by atoms with Gasteiger partial charge in [-0.05, 0) is 13.2 Å². The predicted molar refractivity (Wildman–Crippen MR) is 73.9 cm³/mol. The summed E-state index contributed by atoms with van der Waals surface area (Å²) >= 11 is 1.35. The van der Waals surface area contributed by atoms with Gasteiger partial charge in [0, 0.05) is 6.20 Å². The van der Waals surface area contributed by atoms with Gasteiger partial charge in [0.05, 0.1) is 17.5 Å². The predicted octanol–water partition coefficient (Wildman–Crippen LogP) is 1.09. The van der Waals surface area contributed by atoms with E-state index in [1.165, 1.54) is 18.0 Å². The van der Waals surface area contributed by atoms with E-state index in [0.717, 1.165) is 0 Å². The van der Waals surface area contributed by atoms with Crippen molar-refractivity contribution in [3.63, 3.8) is 0 Å². The highest BCUT2D eigenvalue weighted by Crippen LogP contribution is 2.27. The first-order chi connectivity index (χ1) is 9.08. The summed E-state index contributed by atoms with van der Waals surface area (Å²) in [5.74, 6) is -0.370. The Kier molecular flexibility index (Phi) is 3.70. The number of ether oxygens (including phenoxy) is 1. The quantitative estimate of drug-likeness (QED) is 0.487. The zero-order valence-electron chi connectivity index (χ0n) is 10.5. The number of rotatable bonds is 3. The summed E-state index contributed by atoms with van der Waals surface area (Å²) in [5.41, 5.74) is 12.0. The molecule has 0 saturated heterocycles. The van der Waals surface area contributed by atoms with Gasteiger partial charge in [-0.2, -0.15) is 0 Å². The molecule has 0 fully saturated rings. The molecule has 0 radical (unpaired) electrons. The van der Waals surface area contributed by atoms with Gasteiger partial charge in [-0.15, -0.1) is 0 Å². The van der Waals surface area contributed by atoms with Crippen LogP contribution < -0.4 is 11.5 Å². The molecular formula is C11H13N5O2S. The van der Waals surface area contributed by atoms with E-state index < -0.39 is 5.97 Å². The van der Waals surface area contributed by atoms with Crippen LogP contribution in [0.2, 0.25) is 0 Å². The van der Waals surface area contributed by atoms with Gasteiger partial charge in [0.1, 0.15) is 17.2 Å². The highest BCUT2D eigenvalue weighted by Gasteiger charge is 2.20. The van der Waals surface area contributed by atoms with Gasteiger partial charge in [-0.1, -0.05) is 11.8 Å². The summed E-state index contributed by atoms with van der Waals surface area (Å²) in [6, 6.07) is 0. The molecule has 0 saturated carbocycles. The monoisotopic (exact) mass is 279 g/mol. The maximum absolute atomic E-state index is 11.9. The fourth-order valence-electron chi connectivity index (χ4n) is 1.61. The van der Waals surface area contributed by atoms with Gasteiger partial charge in [0.25, 0.3) is 0 Å². The minimum Gasteiger partial charge on any atom is -0.462 e. The minimum absolute atomic E-state index is 0.00852. The third-order valence-corrected chi connectivity index (χ3v) is 3.00. The average molecular weight is 279 g/mol. The third kappa shape index (κ3) is 2.39. The van der Waals surface area contributed by atoms with Crippen LogP contribution in [0, 0.1) is 0 Å². The molecule has 2 aromatic rings. The number of anilines is 2. The summed E-state index contributed by atoms with van der Waals surface area (Å²) in [4.78, 5) is 24.2. The van der Waals surface area contributed by atoms with E-state index in [4.69, 9.17) is 16.2 Å². The normalized spacial score (nSPS) is 10.6. The van der Waals surface area contributed by atoms with E-state index in [2.05, 4.69) is 15.0 Å². The molecule has 2 rings (SSSR count). The number of carbonyl (C=O) groups excluding carboxylic acids is 1. The van der Waals surface area contributed by atoms with E-state index in [1.54, 1.807) is 6.92 Å². The Hall–Kier alpha value is -2.09. The molecule has 0 spiro atoms. The Labute approximate surface area is 113 Å². The van der Waals surface area contributed by atoms with Crippen LogP contribution in [0.4, 0.5) is 11.6 Å². The lowest BCUT2D eigenvalue weighted by molar-refractivity contribution is 0.0529. The fraction of sp³-hybridized carbons (Fsp3) is 0.273. The summed E-state index contributed by atoms with van der Waals surface area (Å²) in [6.07, 6.45) is 3.36. The molecule has 0 aliphatic heterocycles. The van der Waals surface area contributed by atoms with Crippen molar-refractivity contribution in [2.24, 2.45) is 0 Å². The Balaban J connectivity index is 2.76.